The third-order valence-corrected chi connectivity index (χ3v) is 4.66. The van der Waals surface area contributed by atoms with Crippen molar-refractivity contribution in [2.24, 2.45) is 0 Å². The minimum atomic E-state index is -0.701. The Kier molecular flexibility index (Phi) is 5.26. The lowest BCUT2D eigenvalue weighted by Gasteiger charge is -2.24. The van der Waals surface area contributed by atoms with Gasteiger partial charge in [-0.1, -0.05) is 13.0 Å². The molecule has 1 N–H and O–H groups in total. The van der Waals surface area contributed by atoms with Crippen molar-refractivity contribution in [2.75, 3.05) is 13.7 Å². The first-order valence-corrected chi connectivity index (χ1v) is 8.84. The topological polar surface area (TPSA) is 79.7 Å². The standard InChI is InChI=1S/C21H22N2O4/c1-4-11-23-18(16-7-5-6-10-22-16)17(20(25)21(23)26)19(24)15-9-8-14(27-3)12-13(15)2/h5-10,12,18,24H,4,11H2,1-3H3/b19-17-. The van der Waals surface area contributed by atoms with Gasteiger partial charge in [0, 0.05) is 18.3 Å². The monoisotopic (exact) mass is 366 g/mol. The van der Waals surface area contributed by atoms with Crippen molar-refractivity contribution in [2.45, 2.75) is 26.3 Å². The first kappa shape index (κ1) is 18.6. The molecule has 1 aromatic heterocycles. The molecule has 0 aliphatic carbocycles. The van der Waals surface area contributed by atoms with E-state index < -0.39 is 17.7 Å². The molecule has 0 spiro atoms. The third-order valence-electron chi connectivity index (χ3n) is 4.66. The van der Waals surface area contributed by atoms with Crippen LogP contribution in [0.3, 0.4) is 0 Å². The highest BCUT2D eigenvalue weighted by Crippen LogP contribution is 2.39. The number of hydrogen-bond acceptors (Lipinski definition) is 5. The molecule has 6 heteroatoms. The second-order valence-corrected chi connectivity index (χ2v) is 6.43. The molecule has 27 heavy (non-hydrogen) atoms. The molecule has 1 saturated heterocycles. The Hall–Kier alpha value is -3.15. The van der Waals surface area contributed by atoms with E-state index in [2.05, 4.69) is 4.98 Å². The summed E-state index contributed by atoms with van der Waals surface area (Å²) in [7, 11) is 1.56. The molecule has 2 heterocycles. The molecule has 1 aromatic carbocycles. The number of aromatic nitrogens is 1. The van der Waals surface area contributed by atoms with Crippen molar-refractivity contribution >= 4 is 17.4 Å². The van der Waals surface area contributed by atoms with E-state index in [4.69, 9.17) is 4.74 Å². The average molecular weight is 366 g/mol. The summed E-state index contributed by atoms with van der Waals surface area (Å²) >= 11 is 0. The molecular weight excluding hydrogens is 344 g/mol. The van der Waals surface area contributed by atoms with E-state index >= 15 is 0 Å². The molecular formula is C21H22N2O4. The quantitative estimate of drug-likeness (QED) is 0.499. The van der Waals surface area contributed by atoms with Crippen LogP contribution in [0.1, 0.15) is 36.2 Å². The molecule has 1 aliphatic rings. The number of nitrogens with zero attached hydrogens (tertiary/aromatic N) is 2. The number of pyridine rings is 1. The van der Waals surface area contributed by atoms with Crippen LogP contribution in [0.15, 0.2) is 48.2 Å². The number of likely N-dealkylation sites (tertiary alicyclic amines) is 1. The van der Waals surface area contributed by atoms with Crippen LogP contribution in [-0.2, 0) is 9.59 Å². The van der Waals surface area contributed by atoms with Crippen LogP contribution in [0.4, 0.5) is 0 Å². The second kappa shape index (κ2) is 7.61. The van der Waals surface area contributed by atoms with Crippen molar-refractivity contribution in [1.82, 2.24) is 9.88 Å². The molecule has 3 rings (SSSR count). The van der Waals surface area contributed by atoms with Crippen LogP contribution in [0.2, 0.25) is 0 Å². The molecule has 1 fully saturated rings. The van der Waals surface area contributed by atoms with Gasteiger partial charge >= 0.3 is 0 Å². The van der Waals surface area contributed by atoms with Gasteiger partial charge in [-0.15, -0.1) is 0 Å². The smallest absolute Gasteiger partial charge is 0.295 e. The average Bonchev–Trinajstić information content (AvgIpc) is 2.93. The maximum absolute atomic E-state index is 12.8. The summed E-state index contributed by atoms with van der Waals surface area (Å²) < 4.78 is 5.20. The van der Waals surface area contributed by atoms with Crippen LogP contribution < -0.4 is 4.74 Å². The van der Waals surface area contributed by atoms with E-state index in [1.165, 1.54) is 4.90 Å². The number of aliphatic hydroxyl groups excluding tert-OH is 1. The van der Waals surface area contributed by atoms with E-state index in [1.807, 2.05) is 13.8 Å². The maximum Gasteiger partial charge on any atom is 0.295 e. The summed E-state index contributed by atoms with van der Waals surface area (Å²) in [5.41, 5.74) is 1.86. The molecule has 2 aromatic rings. The Morgan fingerprint density at radius 1 is 1.26 bits per heavy atom. The van der Waals surface area contributed by atoms with Crippen LogP contribution in [-0.4, -0.2) is 40.3 Å². The van der Waals surface area contributed by atoms with Gasteiger partial charge in [0.25, 0.3) is 11.7 Å². The van der Waals surface area contributed by atoms with Gasteiger partial charge in [0.2, 0.25) is 0 Å². The highest BCUT2D eigenvalue weighted by atomic mass is 16.5. The summed E-state index contributed by atoms with van der Waals surface area (Å²) in [5.74, 6) is -0.841. The molecule has 1 unspecified atom stereocenters. The fraction of sp³-hybridized carbons (Fsp3) is 0.286. The number of aliphatic hydroxyl groups is 1. The fourth-order valence-corrected chi connectivity index (χ4v) is 3.37. The van der Waals surface area contributed by atoms with Gasteiger partial charge in [0.05, 0.1) is 18.4 Å². The Morgan fingerprint density at radius 2 is 2.04 bits per heavy atom. The zero-order chi connectivity index (χ0) is 19.6. The van der Waals surface area contributed by atoms with Crippen molar-refractivity contribution in [3.8, 4) is 5.75 Å². The van der Waals surface area contributed by atoms with Gasteiger partial charge in [-0.05, 0) is 49.2 Å². The lowest BCUT2D eigenvalue weighted by atomic mass is 9.96. The van der Waals surface area contributed by atoms with Gasteiger partial charge in [-0.3, -0.25) is 14.6 Å². The highest BCUT2D eigenvalue weighted by Gasteiger charge is 2.46. The Morgan fingerprint density at radius 3 is 2.63 bits per heavy atom. The van der Waals surface area contributed by atoms with Gasteiger partial charge in [-0.25, -0.2) is 0 Å². The van der Waals surface area contributed by atoms with Gasteiger partial charge < -0.3 is 14.7 Å². The molecule has 0 saturated carbocycles. The number of amides is 1. The van der Waals surface area contributed by atoms with Crippen LogP contribution in [0, 0.1) is 6.92 Å². The molecule has 1 atom stereocenters. The minimum Gasteiger partial charge on any atom is -0.507 e. The van der Waals surface area contributed by atoms with Crippen molar-refractivity contribution in [3.05, 3.63) is 65.0 Å². The normalized spacial score (nSPS) is 18.8. The lowest BCUT2D eigenvalue weighted by Crippen LogP contribution is -2.30. The molecule has 6 nitrogen and oxygen atoms in total. The van der Waals surface area contributed by atoms with Crippen LogP contribution in [0.5, 0.6) is 5.75 Å². The number of rotatable bonds is 5. The number of Topliss-reactive ketones (excluding diaryl/α,β-unsaturated/α-hetero) is 1. The molecule has 0 radical (unpaired) electrons. The Balaban J connectivity index is 2.19. The van der Waals surface area contributed by atoms with Crippen molar-refractivity contribution in [3.63, 3.8) is 0 Å². The van der Waals surface area contributed by atoms with Crippen LogP contribution >= 0.6 is 0 Å². The number of carbonyl (C=O) groups is 2. The van der Waals surface area contributed by atoms with E-state index in [-0.39, 0.29) is 11.3 Å². The second-order valence-electron chi connectivity index (χ2n) is 6.43. The predicted octanol–water partition coefficient (Wildman–Crippen LogP) is 3.23. The summed E-state index contributed by atoms with van der Waals surface area (Å²) in [5, 5.41) is 11.0. The SMILES string of the molecule is CCCN1C(=O)C(=O)/C(=C(\O)c2ccc(OC)cc2C)C1c1ccccn1. The number of ether oxygens (including phenoxy) is 1. The molecule has 140 valence electrons. The summed E-state index contributed by atoms with van der Waals surface area (Å²) in [4.78, 5) is 31.2. The summed E-state index contributed by atoms with van der Waals surface area (Å²) in [6.07, 6.45) is 2.30. The number of ketones is 1. The molecule has 1 aliphatic heterocycles. The number of benzene rings is 1. The molecule has 1 amide bonds. The number of methoxy groups -OCH3 is 1. The van der Waals surface area contributed by atoms with E-state index in [0.29, 0.717) is 30.0 Å². The zero-order valence-electron chi connectivity index (χ0n) is 15.6. The largest absolute Gasteiger partial charge is 0.507 e. The van der Waals surface area contributed by atoms with Crippen molar-refractivity contribution < 1.29 is 19.4 Å². The first-order valence-electron chi connectivity index (χ1n) is 8.84. The van der Waals surface area contributed by atoms with Crippen molar-refractivity contribution in [1.29, 1.82) is 0 Å². The van der Waals surface area contributed by atoms with E-state index in [1.54, 1.807) is 49.7 Å². The lowest BCUT2D eigenvalue weighted by molar-refractivity contribution is -0.139. The zero-order valence-corrected chi connectivity index (χ0v) is 15.6. The Labute approximate surface area is 158 Å². The van der Waals surface area contributed by atoms with Gasteiger partial charge in [0.1, 0.15) is 17.6 Å². The van der Waals surface area contributed by atoms with Gasteiger partial charge in [0.15, 0.2) is 0 Å². The highest BCUT2D eigenvalue weighted by molar-refractivity contribution is 6.46. The predicted molar refractivity (Wildman–Crippen MR) is 101 cm³/mol. The summed E-state index contributed by atoms with van der Waals surface area (Å²) in [6.45, 7) is 4.15. The third kappa shape index (κ3) is 3.30. The molecule has 0 bridgehead atoms. The number of hydrogen-bond donors (Lipinski definition) is 1. The van der Waals surface area contributed by atoms with Crippen LogP contribution in [0.25, 0.3) is 5.76 Å². The first-order chi connectivity index (χ1) is 13.0. The minimum absolute atomic E-state index is 0.0698. The van der Waals surface area contributed by atoms with E-state index in [0.717, 1.165) is 5.56 Å². The maximum atomic E-state index is 12.8. The van der Waals surface area contributed by atoms with Gasteiger partial charge in [-0.2, -0.15) is 0 Å². The summed E-state index contributed by atoms with van der Waals surface area (Å²) in [6, 6.07) is 9.79. The number of aryl methyl sites for hydroxylation is 1. The fourth-order valence-electron chi connectivity index (χ4n) is 3.37. The van der Waals surface area contributed by atoms with E-state index in [9.17, 15) is 14.7 Å². The number of carbonyl (C=O) groups excluding carboxylic acids is 2. The Bertz CT molecular complexity index is 906.